The number of carbonyl (C=O) groups excluding carboxylic acids is 2. The van der Waals surface area contributed by atoms with Crippen LogP contribution < -0.4 is 10.6 Å². The number of benzene rings is 1. The summed E-state index contributed by atoms with van der Waals surface area (Å²) in [6.45, 7) is 5.80. The Morgan fingerprint density at radius 3 is 2.54 bits per heavy atom. The second-order valence-corrected chi connectivity index (χ2v) is 8.25. The monoisotopic (exact) mass is 394 g/mol. The minimum atomic E-state index is -0.191. The van der Waals surface area contributed by atoms with Crippen LogP contribution in [-0.2, 0) is 4.79 Å². The number of nitrogens with zero attached hydrogens (tertiary/aromatic N) is 2. The van der Waals surface area contributed by atoms with Gasteiger partial charge in [-0.15, -0.1) is 11.3 Å². The van der Waals surface area contributed by atoms with Gasteiger partial charge in [-0.2, -0.15) is 5.10 Å². The van der Waals surface area contributed by atoms with E-state index >= 15 is 0 Å². The minimum Gasteiger partial charge on any atom is -0.319 e. The smallest absolute Gasteiger partial charge is 0.266 e. The Bertz CT molecular complexity index is 1060. The van der Waals surface area contributed by atoms with Gasteiger partial charge in [-0.25, -0.2) is 4.68 Å². The molecule has 1 saturated carbocycles. The summed E-state index contributed by atoms with van der Waals surface area (Å²) >= 11 is 1.30. The third kappa shape index (κ3) is 3.71. The molecule has 7 heteroatoms. The van der Waals surface area contributed by atoms with Crippen molar-refractivity contribution in [1.29, 1.82) is 0 Å². The van der Waals surface area contributed by atoms with E-state index in [0.29, 0.717) is 15.6 Å². The molecule has 6 nitrogen and oxygen atoms in total. The topological polar surface area (TPSA) is 76.0 Å². The second kappa shape index (κ2) is 7.24. The summed E-state index contributed by atoms with van der Waals surface area (Å²) < 4.78 is 1.83. The van der Waals surface area contributed by atoms with Gasteiger partial charge >= 0.3 is 0 Å². The molecule has 0 unspecified atom stereocenters. The van der Waals surface area contributed by atoms with Crippen molar-refractivity contribution >= 4 is 33.8 Å². The highest BCUT2D eigenvalue weighted by molar-refractivity contribution is 7.18. The lowest BCUT2D eigenvalue weighted by atomic mass is 10.2. The molecule has 1 aromatic carbocycles. The number of carbonyl (C=O) groups is 2. The van der Waals surface area contributed by atoms with E-state index in [2.05, 4.69) is 15.7 Å². The molecule has 2 amide bonds. The number of hydrogen-bond donors (Lipinski definition) is 2. The van der Waals surface area contributed by atoms with Gasteiger partial charge in [-0.1, -0.05) is 12.1 Å². The molecule has 1 aliphatic rings. The number of nitrogens with one attached hydrogen (secondary N) is 2. The molecule has 0 atom stereocenters. The largest absolute Gasteiger partial charge is 0.319 e. The lowest BCUT2D eigenvalue weighted by molar-refractivity contribution is -0.117. The fourth-order valence-electron chi connectivity index (χ4n) is 3.15. The number of aromatic nitrogens is 2. The first-order valence-corrected chi connectivity index (χ1v) is 10.1. The van der Waals surface area contributed by atoms with Crippen molar-refractivity contribution in [1.82, 2.24) is 9.78 Å². The molecule has 0 radical (unpaired) electrons. The predicted molar refractivity (Wildman–Crippen MR) is 111 cm³/mol. The van der Waals surface area contributed by atoms with Gasteiger partial charge in [0, 0.05) is 11.6 Å². The molecule has 0 aliphatic heterocycles. The van der Waals surface area contributed by atoms with Gasteiger partial charge in [0.05, 0.1) is 26.9 Å². The molecule has 0 spiro atoms. The zero-order chi connectivity index (χ0) is 19.8. The third-order valence-electron chi connectivity index (χ3n) is 4.71. The van der Waals surface area contributed by atoms with Crippen LogP contribution in [0.4, 0.5) is 10.7 Å². The summed E-state index contributed by atoms with van der Waals surface area (Å²) in [6.07, 6.45) is 1.90. The number of rotatable bonds is 5. The summed E-state index contributed by atoms with van der Waals surface area (Å²) in [4.78, 5) is 25.5. The zero-order valence-corrected chi connectivity index (χ0v) is 16.9. The number of aryl methyl sites for hydroxylation is 3. The van der Waals surface area contributed by atoms with Crippen LogP contribution in [0.2, 0.25) is 0 Å². The second-order valence-electron chi connectivity index (χ2n) is 7.20. The van der Waals surface area contributed by atoms with Crippen LogP contribution >= 0.6 is 11.3 Å². The van der Waals surface area contributed by atoms with Gasteiger partial charge in [-0.05, 0) is 63.4 Å². The average Bonchev–Trinajstić information content (AvgIpc) is 3.36. The predicted octanol–water partition coefficient (Wildman–Crippen LogP) is 4.46. The molecule has 2 aromatic heterocycles. The molecule has 3 aromatic rings. The van der Waals surface area contributed by atoms with Crippen LogP contribution in [0.15, 0.2) is 36.4 Å². The molecule has 1 fully saturated rings. The molecule has 2 heterocycles. The average molecular weight is 395 g/mol. The summed E-state index contributed by atoms with van der Waals surface area (Å²) in [6, 6.07) is 11.4. The van der Waals surface area contributed by atoms with Gasteiger partial charge in [0.25, 0.3) is 5.91 Å². The van der Waals surface area contributed by atoms with Crippen LogP contribution in [0.5, 0.6) is 0 Å². The number of anilines is 2. The number of para-hydroxylation sites is 2. The quantitative estimate of drug-likeness (QED) is 0.671. The maximum absolute atomic E-state index is 12.9. The Hall–Kier alpha value is -2.93. The van der Waals surface area contributed by atoms with Gasteiger partial charge in [0.2, 0.25) is 5.91 Å². The standard InChI is InChI=1S/C21H22N4O2S/c1-12-10-18(23-20(26)15-8-9-15)28-19(12)21(27)22-16-6-4-5-7-17(16)25-14(3)11-13(2)24-25/h4-7,10-11,15H,8-9H2,1-3H3,(H,22,27)(H,23,26). The van der Waals surface area contributed by atoms with E-state index in [1.165, 1.54) is 11.3 Å². The Kier molecular flexibility index (Phi) is 4.77. The van der Waals surface area contributed by atoms with E-state index in [-0.39, 0.29) is 17.7 Å². The Morgan fingerprint density at radius 1 is 1.11 bits per heavy atom. The summed E-state index contributed by atoms with van der Waals surface area (Å²) in [7, 11) is 0. The molecule has 1 aliphatic carbocycles. The van der Waals surface area contributed by atoms with Crippen molar-refractivity contribution < 1.29 is 9.59 Å². The summed E-state index contributed by atoms with van der Waals surface area (Å²) in [5, 5.41) is 11.2. The van der Waals surface area contributed by atoms with E-state index in [1.54, 1.807) is 0 Å². The molecule has 0 bridgehead atoms. The van der Waals surface area contributed by atoms with Crippen molar-refractivity contribution in [2.24, 2.45) is 5.92 Å². The van der Waals surface area contributed by atoms with Crippen LogP contribution in [0, 0.1) is 26.7 Å². The fourth-order valence-corrected chi connectivity index (χ4v) is 4.12. The van der Waals surface area contributed by atoms with Crippen molar-refractivity contribution in [2.45, 2.75) is 33.6 Å². The first-order chi connectivity index (χ1) is 13.4. The van der Waals surface area contributed by atoms with Gasteiger partial charge in [0.15, 0.2) is 0 Å². The highest BCUT2D eigenvalue weighted by atomic mass is 32.1. The number of hydrogen-bond acceptors (Lipinski definition) is 4. The van der Waals surface area contributed by atoms with E-state index in [1.807, 2.05) is 61.9 Å². The molecule has 144 valence electrons. The first-order valence-electron chi connectivity index (χ1n) is 9.27. The van der Waals surface area contributed by atoms with Crippen molar-refractivity contribution in [3.63, 3.8) is 0 Å². The molecular weight excluding hydrogens is 372 g/mol. The molecule has 0 saturated heterocycles. The van der Waals surface area contributed by atoms with Crippen LogP contribution in [0.3, 0.4) is 0 Å². The Labute approximate surface area is 167 Å². The first kappa shape index (κ1) is 18.4. The normalized spacial score (nSPS) is 13.4. The maximum atomic E-state index is 12.9. The lowest BCUT2D eigenvalue weighted by Crippen LogP contribution is -2.14. The minimum absolute atomic E-state index is 0.0445. The zero-order valence-electron chi connectivity index (χ0n) is 16.1. The molecule has 28 heavy (non-hydrogen) atoms. The third-order valence-corrected chi connectivity index (χ3v) is 5.86. The SMILES string of the molecule is Cc1cc(C)n(-c2ccccc2NC(=O)c2sc(NC(=O)C3CC3)cc2C)n1. The van der Waals surface area contributed by atoms with E-state index in [0.717, 1.165) is 35.5 Å². The van der Waals surface area contributed by atoms with Crippen LogP contribution in [0.25, 0.3) is 5.69 Å². The maximum Gasteiger partial charge on any atom is 0.266 e. The van der Waals surface area contributed by atoms with Crippen molar-refractivity contribution in [2.75, 3.05) is 10.6 Å². The molecular formula is C21H22N4O2S. The van der Waals surface area contributed by atoms with E-state index in [4.69, 9.17) is 0 Å². The summed E-state index contributed by atoms with van der Waals surface area (Å²) in [5.74, 6) is -0.0150. The summed E-state index contributed by atoms with van der Waals surface area (Å²) in [5.41, 5.74) is 4.27. The lowest BCUT2D eigenvalue weighted by Gasteiger charge is -2.12. The van der Waals surface area contributed by atoms with Gasteiger partial charge in [0.1, 0.15) is 0 Å². The number of thiophene rings is 1. The highest BCUT2D eigenvalue weighted by Crippen LogP contribution is 2.33. The highest BCUT2D eigenvalue weighted by Gasteiger charge is 2.30. The van der Waals surface area contributed by atoms with Crippen LogP contribution in [-0.4, -0.2) is 21.6 Å². The van der Waals surface area contributed by atoms with Crippen molar-refractivity contribution in [3.05, 3.63) is 58.2 Å². The van der Waals surface area contributed by atoms with Gasteiger partial charge in [-0.3, -0.25) is 9.59 Å². The molecule has 2 N–H and O–H groups in total. The van der Waals surface area contributed by atoms with Crippen LogP contribution in [0.1, 0.15) is 39.5 Å². The Balaban J connectivity index is 1.57. The fraction of sp³-hybridized carbons (Fsp3) is 0.286. The van der Waals surface area contributed by atoms with Crippen molar-refractivity contribution in [3.8, 4) is 5.69 Å². The van der Waals surface area contributed by atoms with Gasteiger partial charge < -0.3 is 10.6 Å². The Morgan fingerprint density at radius 2 is 1.86 bits per heavy atom. The molecule has 4 rings (SSSR count). The number of amides is 2. The van der Waals surface area contributed by atoms with E-state index < -0.39 is 0 Å². The van der Waals surface area contributed by atoms with E-state index in [9.17, 15) is 9.59 Å².